The molecular weight excluding hydrogens is 535 g/mol. The summed E-state index contributed by atoms with van der Waals surface area (Å²) in [6.07, 6.45) is 5.29. The van der Waals surface area contributed by atoms with Gasteiger partial charge in [0, 0.05) is 29.2 Å². The molecule has 3 aromatic rings. The maximum atomic E-state index is 13.2. The van der Waals surface area contributed by atoms with Gasteiger partial charge in [-0.15, -0.1) is 0 Å². The van der Waals surface area contributed by atoms with Gasteiger partial charge in [0.15, 0.2) is 5.69 Å². The second-order valence-electron chi connectivity index (χ2n) is 8.70. The first-order valence-corrected chi connectivity index (χ1v) is 14.2. The normalized spacial score (nSPS) is 14.7. The first-order chi connectivity index (χ1) is 17.7. The van der Waals surface area contributed by atoms with E-state index in [0.717, 1.165) is 37.8 Å². The van der Waals surface area contributed by atoms with E-state index >= 15 is 0 Å². The Morgan fingerprint density at radius 3 is 2.46 bits per heavy atom. The second-order valence-corrected chi connectivity index (χ2v) is 11.0. The first kappa shape index (κ1) is 27.2. The highest BCUT2D eigenvalue weighted by Gasteiger charge is 2.25. The summed E-state index contributed by atoms with van der Waals surface area (Å²) in [6.45, 7) is 5.23. The molecule has 0 radical (unpaired) electrons. The molecule has 11 heteroatoms. The standard InChI is InChI=1S/C26H28Cl2N4O4S/c1-3-4-16-37(34,35)36-21-11-8-19(9-12-21)25-18(2)24(26(33)30-31-14-6-5-7-15-31)29-32(25)23-13-10-20(27)17-22(23)28/h4,8-13,16-17H,3,5-7,14-15H2,1-2H3,(H,30,33). The highest BCUT2D eigenvalue weighted by molar-refractivity contribution is 7.90. The van der Waals surface area contributed by atoms with Crippen molar-refractivity contribution in [3.63, 3.8) is 0 Å². The van der Waals surface area contributed by atoms with Crippen LogP contribution in [0.3, 0.4) is 0 Å². The fourth-order valence-corrected chi connectivity index (χ4v) is 5.48. The molecule has 1 saturated heterocycles. The fourth-order valence-electron chi connectivity index (χ4n) is 4.12. The third-order valence-corrected chi connectivity index (χ3v) is 7.42. The van der Waals surface area contributed by atoms with E-state index < -0.39 is 10.1 Å². The number of amides is 1. The number of nitrogens with one attached hydrogen (secondary N) is 1. The quantitative estimate of drug-likeness (QED) is 0.342. The van der Waals surface area contributed by atoms with Gasteiger partial charge >= 0.3 is 10.1 Å². The van der Waals surface area contributed by atoms with Crippen LogP contribution in [0.15, 0.2) is 53.9 Å². The van der Waals surface area contributed by atoms with Gasteiger partial charge < -0.3 is 4.18 Å². The minimum atomic E-state index is -3.85. The van der Waals surface area contributed by atoms with Crippen molar-refractivity contribution >= 4 is 39.2 Å². The Morgan fingerprint density at radius 1 is 1.11 bits per heavy atom. The first-order valence-electron chi connectivity index (χ1n) is 12.0. The van der Waals surface area contributed by atoms with Crippen molar-refractivity contribution in [3.8, 4) is 22.7 Å². The van der Waals surface area contributed by atoms with Crippen LogP contribution in [0.1, 0.15) is 48.7 Å². The molecule has 1 aliphatic rings. The van der Waals surface area contributed by atoms with Crippen LogP contribution < -0.4 is 9.61 Å². The molecule has 8 nitrogen and oxygen atoms in total. The molecule has 0 saturated carbocycles. The van der Waals surface area contributed by atoms with Crippen molar-refractivity contribution in [2.45, 2.75) is 39.5 Å². The smallest absolute Gasteiger partial charge is 0.331 e. The van der Waals surface area contributed by atoms with Gasteiger partial charge in [-0.2, -0.15) is 13.5 Å². The molecule has 2 aromatic carbocycles. The van der Waals surface area contributed by atoms with Crippen LogP contribution >= 0.6 is 23.2 Å². The summed E-state index contributed by atoms with van der Waals surface area (Å²) in [7, 11) is -3.85. The Labute approximate surface area is 226 Å². The van der Waals surface area contributed by atoms with Crippen LogP contribution in [0.4, 0.5) is 0 Å². The van der Waals surface area contributed by atoms with E-state index in [0.29, 0.717) is 39.0 Å². The zero-order valence-corrected chi connectivity index (χ0v) is 22.9. The number of halogens is 2. The molecule has 1 aliphatic heterocycles. The molecule has 2 heterocycles. The van der Waals surface area contributed by atoms with Gasteiger partial charge in [0.2, 0.25) is 0 Å². The van der Waals surface area contributed by atoms with Gasteiger partial charge in [0.05, 0.1) is 21.8 Å². The third kappa shape index (κ3) is 6.54. The topological polar surface area (TPSA) is 93.5 Å². The van der Waals surface area contributed by atoms with Crippen molar-refractivity contribution in [3.05, 3.63) is 75.3 Å². The summed E-state index contributed by atoms with van der Waals surface area (Å²) in [5.74, 6) is -0.140. The summed E-state index contributed by atoms with van der Waals surface area (Å²) >= 11 is 12.6. The van der Waals surface area contributed by atoms with Gasteiger partial charge in [-0.3, -0.25) is 10.2 Å². The van der Waals surface area contributed by atoms with Crippen LogP contribution in [0.25, 0.3) is 16.9 Å². The molecule has 0 spiro atoms. The Bertz CT molecular complexity index is 1410. The van der Waals surface area contributed by atoms with E-state index in [1.165, 1.54) is 6.08 Å². The van der Waals surface area contributed by atoms with Gasteiger partial charge in [0.1, 0.15) is 5.75 Å². The average molecular weight is 564 g/mol. The number of piperidine rings is 1. The number of carbonyl (C=O) groups excluding carboxylic acids is 1. The number of hydrogen-bond acceptors (Lipinski definition) is 6. The van der Waals surface area contributed by atoms with E-state index in [1.54, 1.807) is 47.1 Å². The summed E-state index contributed by atoms with van der Waals surface area (Å²) in [4.78, 5) is 13.2. The molecule has 0 unspecified atom stereocenters. The van der Waals surface area contributed by atoms with Gasteiger partial charge in [0.25, 0.3) is 5.91 Å². The maximum absolute atomic E-state index is 13.2. The molecule has 1 amide bonds. The Balaban J connectivity index is 1.73. The summed E-state index contributed by atoms with van der Waals surface area (Å²) < 4.78 is 31.0. The number of hydrogen-bond donors (Lipinski definition) is 1. The fraction of sp³-hybridized carbons (Fsp3) is 0.308. The van der Waals surface area contributed by atoms with Crippen molar-refractivity contribution in [2.24, 2.45) is 0 Å². The van der Waals surface area contributed by atoms with Crippen molar-refractivity contribution in [2.75, 3.05) is 13.1 Å². The minimum absolute atomic E-state index is 0.167. The average Bonchev–Trinajstić information content (AvgIpc) is 3.20. The number of carbonyl (C=O) groups is 1. The van der Waals surface area contributed by atoms with Crippen LogP contribution in [-0.4, -0.2) is 42.2 Å². The lowest BCUT2D eigenvalue weighted by atomic mass is 10.1. The maximum Gasteiger partial charge on any atom is 0.331 e. The number of hydrazine groups is 1. The summed E-state index contributed by atoms with van der Waals surface area (Å²) in [5.41, 5.74) is 5.75. The van der Waals surface area contributed by atoms with Crippen LogP contribution in [-0.2, 0) is 10.1 Å². The lowest BCUT2D eigenvalue weighted by molar-refractivity contribution is 0.0743. The summed E-state index contributed by atoms with van der Waals surface area (Å²) in [5, 5.41) is 8.44. The van der Waals surface area contributed by atoms with E-state index in [4.69, 9.17) is 27.4 Å². The SMILES string of the molecule is CCC=CS(=O)(=O)Oc1ccc(-c2c(C)c(C(=O)NN3CCCCC3)nn2-c2ccc(Cl)cc2Cl)cc1. The van der Waals surface area contributed by atoms with Crippen molar-refractivity contribution in [1.82, 2.24) is 20.2 Å². The number of allylic oxidation sites excluding steroid dienone is 1. The molecule has 37 heavy (non-hydrogen) atoms. The molecule has 4 rings (SSSR count). The Morgan fingerprint density at radius 2 is 1.81 bits per heavy atom. The largest absolute Gasteiger partial charge is 0.379 e. The number of aromatic nitrogens is 2. The highest BCUT2D eigenvalue weighted by atomic mass is 35.5. The number of benzene rings is 2. The van der Waals surface area contributed by atoms with Crippen LogP contribution in [0, 0.1) is 6.92 Å². The zero-order valence-electron chi connectivity index (χ0n) is 20.6. The lowest BCUT2D eigenvalue weighted by Gasteiger charge is -2.26. The molecule has 0 aliphatic carbocycles. The van der Waals surface area contributed by atoms with Crippen LogP contribution in [0.5, 0.6) is 5.75 Å². The molecule has 0 bridgehead atoms. The van der Waals surface area contributed by atoms with E-state index in [2.05, 4.69) is 10.5 Å². The van der Waals surface area contributed by atoms with Gasteiger partial charge in [-0.1, -0.05) is 42.6 Å². The van der Waals surface area contributed by atoms with E-state index in [-0.39, 0.29) is 17.4 Å². The lowest BCUT2D eigenvalue weighted by Crippen LogP contribution is -2.45. The van der Waals surface area contributed by atoms with E-state index in [9.17, 15) is 13.2 Å². The van der Waals surface area contributed by atoms with Crippen molar-refractivity contribution < 1.29 is 17.4 Å². The molecule has 196 valence electrons. The van der Waals surface area contributed by atoms with Gasteiger partial charge in [-0.25, -0.2) is 9.69 Å². The molecule has 1 aromatic heterocycles. The molecule has 1 N–H and O–H groups in total. The monoisotopic (exact) mass is 562 g/mol. The van der Waals surface area contributed by atoms with Gasteiger partial charge in [-0.05, 0) is 68.7 Å². The van der Waals surface area contributed by atoms with E-state index in [1.807, 2.05) is 18.9 Å². The van der Waals surface area contributed by atoms with Crippen LogP contribution in [0.2, 0.25) is 10.0 Å². The Kier molecular flexibility index (Phi) is 8.59. The Hall–Kier alpha value is -2.85. The predicted molar refractivity (Wildman–Crippen MR) is 146 cm³/mol. The molecular formula is C26H28Cl2N4O4S. The number of rotatable bonds is 8. The minimum Gasteiger partial charge on any atom is -0.379 e. The highest BCUT2D eigenvalue weighted by Crippen LogP contribution is 2.33. The van der Waals surface area contributed by atoms with Crippen molar-refractivity contribution in [1.29, 1.82) is 0 Å². The molecule has 0 atom stereocenters. The second kappa shape index (κ2) is 11.7. The summed E-state index contributed by atoms with van der Waals surface area (Å²) in [6, 6.07) is 11.6. The zero-order chi connectivity index (χ0) is 26.6. The number of nitrogens with zero attached hydrogens (tertiary/aromatic N) is 3. The molecule has 1 fully saturated rings. The third-order valence-electron chi connectivity index (χ3n) is 5.93. The predicted octanol–water partition coefficient (Wildman–Crippen LogP) is 5.92.